The molecule has 2 aromatic heterocycles. The van der Waals surface area contributed by atoms with E-state index >= 15 is 0 Å². The molecule has 1 aromatic carbocycles. The molecule has 0 amide bonds. The van der Waals surface area contributed by atoms with Gasteiger partial charge < -0.3 is 4.52 Å². The molecule has 108 valence electrons. The largest absolute Gasteiger partial charge is 0.357 e. The van der Waals surface area contributed by atoms with Crippen LogP contribution in [0.15, 0.2) is 53.7 Å². The number of hydrogen-bond acceptors (Lipinski definition) is 3. The van der Waals surface area contributed by atoms with E-state index in [-0.39, 0.29) is 0 Å². The third-order valence-electron chi connectivity index (χ3n) is 2.86. The smallest absolute Gasteiger partial charge is 0.162 e. The molecule has 2 nitrogen and oxygen atoms in total. The van der Waals surface area contributed by atoms with Crippen LogP contribution in [0.4, 0.5) is 0 Å². The molecule has 3 heteroatoms. The van der Waals surface area contributed by atoms with Gasteiger partial charge in [0.05, 0.1) is 6.20 Å². The van der Waals surface area contributed by atoms with Gasteiger partial charge in [-0.2, -0.15) is 0 Å². The fourth-order valence-corrected chi connectivity index (χ4v) is 2.89. The van der Waals surface area contributed by atoms with Crippen LogP contribution < -0.4 is 10.6 Å². The van der Waals surface area contributed by atoms with Gasteiger partial charge in [-0.15, -0.1) is 11.3 Å². The summed E-state index contributed by atoms with van der Waals surface area (Å²) in [6.07, 6.45) is 8.22. The molecule has 0 bridgehead atoms. The molecule has 2 heterocycles. The van der Waals surface area contributed by atoms with E-state index < -0.39 is 0 Å². The lowest BCUT2D eigenvalue weighted by atomic mass is 10.2. The van der Waals surface area contributed by atoms with E-state index in [1.807, 2.05) is 23.5 Å². The maximum atomic E-state index is 4.97. The summed E-state index contributed by atoms with van der Waals surface area (Å²) in [6.45, 7) is 7.80. The Balaban J connectivity index is 0.000000154. The van der Waals surface area contributed by atoms with E-state index in [2.05, 4.69) is 55.9 Å². The summed E-state index contributed by atoms with van der Waals surface area (Å²) in [7, 11) is 0. The van der Waals surface area contributed by atoms with E-state index in [4.69, 9.17) is 4.52 Å². The first kappa shape index (κ1) is 15.3. The molecule has 21 heavy (non-hydrogen) atoms. The average Bonchev–Trinajstić information content (AvgIpc) is 3.06. The molecule has 0 spiro atoms. The SMILES string of the molecule is C=C/C=c1/cno/c1=C/CC.Cc1cc2ccccc2s1. The quantitative estimate of drug-likeness (QED) is 0.713. The predicted octanol–water partition coefficient (Wildman–Crippen LogP) is 4.04. The summed E-state index contributed by atoms with van der Waals surface area (Å²) in [4.78, 5) is 1.39. The van der Waals surface area contributed by atoms with Gasteiger partial charge in [0, 0.05) is 14.8 Å². The topological polar surface area (TPSA) is 26.0 Å². The zero-order valence-corrected chi connectivity index (χ0v) is 13.2. The highest BCUT2D eigenvalue weighted by molar-refractivity contribution is 7.19. The van der Waals surface area contributed by atoms with E-state index in [1.54, 1.807) is 12.3 Å². The third-order valence-corrected chi connectivity index (χ3v) is 3.89. The van der Waals surface area contributed by atoms with Crippen molar-refractivity contribution in [1.29, 1.82) is 0 Å². The number of rotatable bonds is 2. The number of aromatic nitrogens is 1. The standard InChI is InChI=1S/C9H11NO.C9H8S/c1-3-5-8-7-10-11-9(8)6-4-2;1-7-6-8-4-2-3-5-9(8)10-7/h3,5-7H,1,4H2,2H3;2-6H,1H3/b8-5-,9-6+;. The molecular weight excluding hydrogens is 278 g/mol. The van der Waals surface area contributed by atoms with Gasteiger partial charge in [0.2, 0.25) is 0 Å². The van der Waals surface area contributed by atoms with Crippen LogP contribution in [0.25, 0.3) is 22.2 Å². The summed E-state index contributed by atoms with van der Waals surface area (Å²) >= 11 is 1.85. The molecular formula is C18H19NOS. The van der Waals surface area contributed by atoms with E-state index in [0.29, 0.717) is 0 Å². The van der Waals surface area contributed by atoms with Gasteiger partial charge in [0.15, 0.2) is 5.42 Å². The van der Waals surface area contributed by atoms with Crippen LogP contribution in [0, 0.1) is 6.92 Å². The lowest BCUT2D eigenvalue weighted by Gasteiger charge is -1.82. The van der Waals surface area contributed by atoms with Crippen LogP contribution in [-0.4, -0.2) is 5.16 Å². The minimum atomic E-state index is 0.826. The van der Waals surface area contributed by atoms with Crippen molar-refractivity contribution < 1.29 is 4.52 Å². The Labute approximate surface area is 128 Å². The van der Waals surface area contributed by atoms with Crippen molar-refractivity contribution in [3.63, 3.8) is 0 Å². The van der Waals surface area contributed by atoms with Gasteiger partial charge in [-0.05, 0) is 36.9 Å². The average molecular weight is 297 g/mol. The number of thiophene rings is 1. The zero-order chi connectivity index (χ0) is 15.1. The molecule has 0 N–H and O–H groups in total. The van der Waals surface area contributed by atoms with Crippen LogP contribution in [-0.2, 0) is 0 Å². The molecule has 0 aliphatic carbocycles. The van der Waals surface area contributed by atoms with Crippen LogP contribution in [0.1, 0.15) is 18.2 Å². The van der Waals surface area contributed by atoms with Gasteiger partial charge >= 0.3 is 0 Å². The number of hydrogen-bond donors (Lipinski definition) is 0. The minimum absolute atomic E-state index is 0.826. The molecule has 3 rings (SSSR count). The molecule has 3 aromatic rings. The molecule has 0 aliphatic heterocycles. The molecule has 0 unspecified atom stereocenters. The van der Waals surface area contributed by atoms with Crippen molar-refractivity contribution >= 4 is 33.6 Å². The summed E-state index contributed by atoms with van der Waals surface area (Å²) in [5.74, 6) is 0. The predicted molar refractivity (Wildman–Crippen MR) is 91.7 cm³/mol. The summed E-state index contributed by atoms with van der Waals surface area (Å²) in [5, 5.41) is 6.03. The minimum Gasteiger partial charge on any atom is -0.357 e. The third kappa shape index (κ3) is 4.17. The number of fused-ring (bicyclic) bond motifs is 1. The van der Waals surface area contributed by atoms with E-state index in [9.17, 15) is 0 Å². The Morgan fingerprint density at radius 3 is 2.86 bits per heavy atom. The van der Waals surface area contributed by atoms with Crippen molar-refractivity contribution in [1.82, 2.24) is 5.16 Å². The lowest BCUT2D eigenvalue weighted by molar-refractivity contribution is 0.393. The van der Waals surface area contributed by atoms with Crippen LogP contribution in [0.3, 0.4) is 0 Å². The van der Waals surface area contributed by atoms with Gasteiger partial charge in [-0.3, -0.25) is 0 Å². The highest BCUT2D eigenvalue weighted by Crippen LogP contribution is 2.23. The van der Waals surface area contributed by atoms with Crippen molar-refractivity contribution in [2.24, 2.45) is 0 Å². The van der Waals surface area contributed by atoms with Crippen LogP contribution in [0.2, 0.25) is 0 Å². The first-order chi connectivity index (χ1) is 10.2. The van der Waals surface area contributed by atoms with Crippen molar-refractivity contribution in [3.8, 4) is 0 Å². The summed E-state index contributed by atoms with van der Waals surface area (Å²) in [6, 6.07) is 10.7. The maximum Gasteiger partial charge on any atom is 0.162 e. The van der Waals surface area contributed by atoms with Gasteiger partial charge in [0.1, 0.15) is 0 Å². The van der Waals surface area contributed by atoms with Gasteiger partial charge in [0.25, 0.3) is 0 Å². The Morgan fingerprint density at radius 2 is 2.14 bits per heavy atom. The second-order valence-electron chi connectivity index (χ2n) is 4.56. The first-order valence-corrected chi connectivity index (χ1v) is 7.75. The van der Waals surface area contributed by atoms with Crippen LogP contribution >= 0.6 is 11.3 Å². The molecule has 0 saturated heterocycles. The molecule has 0 aliphatic rings. The molecule has 0 saturated carbocycles. The fraction of sp³-hybridized carbons (Fsp3) is 0.167. The highest BCUT2D eigenvalue weighted by atomic mass is 32.1. The molecule has 0 radical (unpaired) electrons. The molecule has 0 fully saturated rings. The Morgan fingerprint density at radius 1 is 1.33 bits per heavy atom. The number of aryl methyl sites for hydroxylation is 1. The van der Waals surface area contributed by atoms with Gasteiger partial charge in [-0.1, -0.05) is 49.0 Å². The second-order valence-corrected chi connectivity index (χ2v) is 5.84. The normalized spacial score (nSPS) is 12.3. The second kappa shape index (κ2) is 7.60. The maximum absolute atomic E-state index is 4.97. The molecule has 0 atom stereocenters. The number of nitrogens with zero attached hydrogens (tertiary/aromatic N) is 1. The number of allylic oxidation sites excluding steroid dienone is 1. The van der Waals surface area contributed by atoms with E-state index in [0.717, 1.165) is 17.1 Å². The van der Waals surface area contributed by atoms with Crippen molar-refractivity contribution in [2.45, 2.75) is 20.3 Å². The van der Waals surface area contributed by atoms with Crippen molar-refractivity contribution in [2.75, 3.05) is 0 Å². The Hall–Kier alpha value is -2.13. The highest BCUT2D eigenvalue weighted by Gasteiger charge is 1.93. The Bertz CT molecular complexity index is 793. The summed E-state index contributed by atoms with van der Waals surface area (Å²) in [5.41, 5.74) is 0.826. The zero-order valence-electron chi connectivity index (χ0n) is 12.4. The number of benzene rings is 1. The summed E-state index contributed by atoms with van der Waals surface area (Å²) < 4.78 is 6.36. The van der Waals surface area contributed by atoms with Crippen LogP contribution in [0.5, 0.6) is 0 Å². The lowest BCUT2D eigenvalue weighted by Crippen LogP contribution is -2.18. The van der Waals surface area contributed by atoms with E-state index in [1.165, 1.54) is 15.0 Å². The van der Waals surface area contributed by atoms with Crippen molar-refractivity contribution in [3.05, 3.63) is 64.7 Å². The van der Waals surface area contributed by atoms with Gasteiger partial charge in [-0.25, -0.2) is 0 Å². The fourth-order valence-electron chi connectivity index (χ4n) is 1.96. The first-order valence-electron chi connectivity index (χ1n) is 6.93. The Kier molecular flexibility index (Phi) is 5.52. The monoisotopic (exact) mass is 297 g/mol.